The Morgan fingerprint density at radius 1 is 1.22 bits per heavy atom. The summed E-state index contributed by atoms with van der Waals surface area (Å²) in [5, 5.41) is 2.92. The van der Waals surface area contributed by atoms with E-state index in [0.29, 0.717) is 31.0 Å². The summed E-state index contributed by atoms with van der Waals surface area (Å²) in [7, 11) is 0. The standard InChI is InChI=1S/C21H22FN3O2/c1-15(21-23-14-19(25-21)16-7-3-2-4-8-16)24-20(26)11-6-12-27-18-10-5-9-17(22)13-18/h2-5,7-10,13-15H,6,11-12H2,1H3,(H,23,25)(H,24,26). The Bertz CT molecular complexity index is 880. The average Bonchev–Trinajstić information content (AvgIpc) is 3.16. The Labute approximate surface area is 157 Å². The number of H-pyrrole nitrogens is 1. The topological polar surface area (TPSA) is 67.0 Å². The summed E-state index contributed by atoms with van der Waals surface area (Å²) in [6, 6.07) is 15.6. The van der Waals surface area contributed by atoms with E-state index in [-0.39, 0.29) is 17.8 Å². The van der Waals surface area contributed by atoms with E-state index in [1.54, 1.807) is 18.3 Å². The molecule has 0 saturated carbocycles. The first-order chi connectivity index (χ1) is 13.1. The quantitative estimate of drug-likeness (QED) is 0.585. The zero-order chi connectivity index (χ0) is 19.1. The van der Waals surface area contributed by atoms with E-state index in [1.807, 2.05) is 37.3 Å². The second kappa shape index (κ2) is 8.98. The van der Waals surface area contributed by atoms with Gasteiger partial charge in [0.1, 0.15) is 17.4 Å². The summed E-state index contributed by atoms with van der Waals surface area (Å²) in [5.74, 6) is 0.751. The Kier molecular flexibility index (Phi) is 6.20. The van der Waals surface area contributed by atoms with Crippen LogP contribution in [0.2, 0.25) is 0 Å². The molecule has 0 spiro atoms. The van der Waals surface area contributed by atoms with Gasteiger partial charge in [-0.3, -0.25) is 4.79 Å². The second-order valence-electron chi connectivity index (χ2n) is 6.25. The molecule has 27 heavy (non-hydrogen) atoms. The molecule has 1 heterocycles. The van der Waals surface area contributed by atoms with E-state index in [4.69, 9.17) is 4.74 Å². The van der Waals surface area contributed by atoms with Crippen LogP contribution in [0.1, 0.15) is 31.6 Å². The van der Waals surface area contributed by atoms with Gasteiger partial charge in [-0.15, -0.1) is 0 Å². The molecule has 3 rings (SSSR count). The number of carbonyl (C=O) groups excluding carboxylic acids is 1. The molecule has 0 bridgehead atoms. The summed E-state index contributed by atoms with van der Waals surface area (Å²) < 4.78 is 18.5. The Morgan fingerprint density at radius 2 is 2.04 bits per heavy atom. The van der Waals surface area contributed by atoms with Crippen molar-refractivity contribution in [1.29, 1.82) is 0 Å². The van der Waals surface area contributed by atoms with Gasteiger partial charge in [-0.2, -0.15) is 0 Å². The molecule has 0 aliphatic carbocycles. The molecule has 0 saturated heterocycles. The number of carbonyl (C=O) groups is 1. The summed E-state index contributed by atoms with van der Waals surface area (Å²) in [5.41, 5.74) is 1.96. The average molecular weight is 367 g/mol. The summed E-state index contributed by atoms with van der Waals surface area (Å²) in [6.45, 7) is 2.24. The molecule has 0 aliphatic heterocycles. The van der Waals surface area contributed by atoms with Gasteiger partial charge in [-0.1, -0.05) is 36.4 Å². The lowest BCUT2D eigenvalue weighted by Crippen LogP contribution is -2.27. The fraction of sp³-hybridized carbons (Fsp3) is 0.238. The van der Waals surface area contributed by atoms with Crippen molar-refractivity contribution in [1.82, 2.24) is 15.3 Å². The van der Waals surface area contributed by atoms with E-state index in [9.17, 15) is 9.18 Å². The number of hydrogen-bond donors (Lipinski definition) is 2. The minimum absolute atomic E-state index is 0.0806. The number of nitrogens with one attached hydrogen (secondary N) is 2. The molecule has 3 aromatic rings. The lowest BCUT2D eigenvalue weighted by molar-refractivity contribution is -0.122. The molecule has 1 atom stereocenters. The van der Waals surface area contributed by atoms with Crippen LogP contribution in [0.3, 0.4) is 0 Å². The predicted molar refractivity (Wildman–Crippen MR) is 102 cm³/mol. The zero-order valence-corrected chi connectivity index (χ0v) is 15.1. The van der Waals surface area contributed by atoms with E-state index >= 15 is 0 Å². The van der Waals surface area contributed by atoms with Crippen molar-refractivity contribution in [3.63, 3.8) is 0 Å². The van der Waals surface area contributed by atoms with Crippen LogP contribution in [0, 0.1) is 5.82 Å². The van der Waals surface area contributed by atoms with Crippen molar-refractivity contribution in [2.45, 2.75) is 25.8 Å². The minimum atomic E-state index is -0.340. The second-order valence-corrected chi connectivity index (χ2v) is 6.25. The molecule has 1 unspecified atom stereocenters. The van der Waals surface area contributed by atoms with Crippen LogP contribution in [0.25, 0.3) is 11.3 Å². The van der Waals surface area contributed by atoms with Gasteiger partial charge in [0.2, 0.25) is 5.91 Å². The lowest BCUT2D eigenvalue weighted by atomic mass is 10.2. The van der Waals surface area contributed by atoms with Crippen molar-refractivity contribution >= 4 is 5.91 Å². The summed E-state index contributed by atoms with van der Waals surface area (Å²) >= 11 is 0. The molecular weight excluding hydrogens is 345 g/mol. The van der Waals surface area contributed by atoms with Crippen LogP contribution in [0.5, 0.6) is 5.75 Å². The van der Waals surface area contributed by atoms with Crippen molar-refractivity contribution < 1.29 is 13.9 Å². The van der Waals surface area contributed by atoms with E-state index < -0.39 is 0 Å². The molecule has 6 heteroatoms. The lowest BCUT2D eigenvalue weighted by Gasteiger charge is -2.12. The minimum Gasteiger partial charge on any atom is -0.493 e. The molecule has 0 radical (unpaired) electrons. The molecule has 0 aliphatic rings. The number of amides is 1. The van der Waals surface area contributed by atoms with Gasteiger partial charge >= 0.3 is 0 Å². The molecule has 1 aromatic heterocycles. The van der Waals surface area contributed by atoms with Gasteiger partial charge in [0.25, 0.3) is 0 Å². The van der Waals surface area contributed by atoms with Crippen molar-refractivity contribution in [2.24, 2.45) is 0 Å². The highest BCUT2D eigenvalue weighted by Crippen LogP contribution is 2.19. The number of rotatable bonds is 8. The highest BCUT2D eigenvalue weighted by molar-refractivity contribution is 5.76. The molecule has 5 nitrogen and oxygen atoms in total. The predicted octanol–water partition coefficient (Wildman–Crippen LogP) is 4.25. The van der Waals surface area contributed by atoms with Gasteiger partial charge in [0, 0.05) is 12.5 Å². The number of benzene rings is 2. The first kappa shape index (κ1) is 18.6. The number of halogens is 1. The molecule has 1 amide bonds. The third-order valence-corrected chi connectivity index (χ3v) is 4.08. The van der Waals surface area contributed by atoms with Crippen LogP contribution in [-0.4, -0.2) is 22.5 Å². The van der Waals surface area contributed by atoms with E-state index in [2.05, 4.69) is 15.3 Å². The highest BCUT2D eigenvalue weighted by atomic mass is 19.1. The zero-order valence-electron chi connectivity index (χ0n) is 15.1. The number of imidazole rings is 1. The Hall–Kier alpha value is -3.15. The maximum atomic E-state index is 13.1. The SMILES string of the molecule is CC(NC(=O)CCCOc1cccc(F)c1)c1ncc(-c2ccccc2)[nH]1. The van der Waals surface area contributed by atoms with Gasteiger partial charge in [0.15, 0.2) is 0 Å². The summed E-state index contributed by atoms with van der Waals surface area (Å²) in [4.78, 5) is 19.7. The van der Waals surface area contributed by atoms with E-state index in [0.717, 1.165) is 11.3 Å². The molecule has 2 N–H and O–H groups in total. The van der Waals surface area contributed by atoms with Crippen LogP contribution >= 0.6 is 0 Å². The normalized spacial score (nSPS) is 11.8. The molecule has 2 aromatic carbocycles. The van der Waals surface area contributed by atoms with Crippen molar-refractivity contribution in [2.75, 3.05) is 6.61 Å². The maximum absolute atomic E-state index is 13.1. The van der Waals surface area contributed by atoms with Crippen LogP contribution in [-0.2, 0) is 4.79 Å². The molecule has 0 fully saturated rings. The number of nitrogens with zero attached hydrogens (tertiary/aromatic N) is 1. The van der Waals surface area contributed by atoms with E-state index in [1.165, 1.54) is 12.1 Å². The Balaban J connectivity index is 1.43. The number of aromatic nitrogens is 2. The monoisotopic (exact) mass is 367 g/mol. The maximum Gasteiger partial charge on any atom is 0.220 e. The van der Waals surface area contributed by atoms with Gasteiger partial charge in [-0.25, -0.2) is 9.37 Å². The highest BCUT2D eigenvalue weighted by Gasteiger charge is 2.13. The summed E-state index contributed by atoms with van der Waals surface area (Å²) in [6.07, 6.45) is 2.63. The smallest absolute Gasteiger partial charge is 0.220 e. The third kappa shape index (κ3) is 5.41. The van der Waals surface area contributed by atoms with Crippen LogP contribution in [0.4, 0.5) is 4.39 Å². The first-order valence-electron chi connectivity index (χ1n) is 8.90. The fourth-order valence-corrected chi connectivity index (χ4v) is 2.68. The number of aromatic amines is 1. The largest absolute Gasteiger partial charge is 0.493 e. The van der Waals surface area contributed by atoms with Crippen LogP contribution in [0.15, 0.2) is 60.8 Å². The van der Waals surface area contributed by atoms with Crippen molar-refractivity contribution in [3.8, 4) is 17.0 Å². The molecule has 140 valence electrons. The van der Waals surface area contributed by atoms with Gasteiger partial charge < -0.3 is 15.0 Å². The van der Waals surface area contributed by atoms with Gasteiger partial charge in [0.05, 0.1) is 24.5 Å². The number of hydrogen-bond acceptors (Lipinski definition) is 3. The fourth-order valence-electron chi connectivity index (χ4n) is 2.68. The first-order valence-corrected chi connectivity index (χ1v) is 8.90. The number of ether oxygens (including phenoxy) is 1. The Morgan fingerprint density at radius 3 is 2.81 bits per heavy atom. The van der Waals surface area contributed by atoms with Gasteiger partial charge in [-0.05, 0) is 31.0 Å². The molecular formula is C21H22FN3O2. The third-order valence-electron chi connectivity index (χ3n) is 4.08. The van der Waals surface area contributed by atoms with Crippen molar-refractivity contribution in [3.05, 3.63) is 72.4 Å². The van der Waals surface area contributed by atoms with Crippen LogP contribution < -0.4 is 10.1 Å².